The summed E-state index contributed by atoms with van der Waals surface area (Å²) in [5, 5.41) is 10.2. The van der Waals surface area contributed by atoms with E-state index in [1.54, 1.807) is 12.1 Å². The lowest BCUT2D eigenvalue weighted by Gasteiger charge is -2.19. The summed E-state index contributed by atoms with van der Waals surface area (Å²) >= 11 is 0. The second kappa shape index (κ2) is 11.4. The Labute approximate surface area is 223 Å². The first kappa shape index (κ1) is 25.3. The van der Waals surface area contributed by atoms with Crippen molar-refractivity contribution in [3.05, 3.63) is 133 Å². The average molecular weight is 524 g/mol. The lowest BCUT2D eigenvalue weighted by atomic mass is 9.93. The van der Waals surface area contributed by atoms with Gasteiger partial charge in [0.1, 0.15) is 0 Å². The topological polar surface area (TPSA) is 90.5 Å². The predicted molar refractivity (Wildman–Crippen MR) is 155 cm³/mol. The number of nitrogens with one attached hydrogen (secondary N) is 3. The third kappa shape index (κ3) is 6.91. The van der Waals surface area contributed by atoms with Gasteiger partial charge in [-0.25, -0.2) is 0 Å². The highest BCUT2D eigenvalue weighted by molar-refractivity contribution is 7.85. The molecule has 1 aliphatic rings. The van der Waals surface area contributed by atoms with E-state index < -0.39 is 10.1 Å². The van der Waals surface area contributed by atoms with Crippen LogP contribution in [0.3, 0.4) is 0 Å². The maximum Gasteiger partial charge on any atom is 0.294 e. The summed E-state index contributed by atoms with van der Waals surface area (Å²) in [7, 11) is -4.18. The molecule has 0 bridgehead atoms. The first-order valence-corrected chi connectivity index (χ1v) is 13.8. The van der Waals surface area contributed by atoms with Crippen molar-refractivity contribution in [3.8, 4) is 0 Å². The molecule has 0 fully saturated rings. The molecule has 4 N–H and O–H groups in total. The number of allylic oxidation sites excluding steroid dienone is 2. The normalized spacial score (nSPS) is 16.7. The summed E-state index contributed by atoms with van der Waals surface area (Å²) < 4.78 is 31.5. The van der Waals surface area contributed by atoms with Crippen LogP contribution in [-0.2, 0) is 16.5 Å². The Morgan fingerprint density at radius 1 is 0.579 bits per heavy atom. The summed E-state index contributed by atoms with van der Waals surface area (Å²) in [6.07, 6.45) is 9.48. The highest BCUT2D eigenvalue weighted by Gasteiger charge is 2.12. The van der Waals surface area contributed by atoms with Crippen LogP contribution in [-0.4, -0.2) is 19.0 Å². The molecule has 0 saturated carbocycles. The number of benzene rings is 4. The van der Waals surface area contributed by atoms with Crippen molar-refractivity contribution in [3.63, 3.8) is 0 Å². The lowest BCUT2D eigenvalue weighted by molar-refractivity contribution is 0.483. The van der Waals surface area contributed by atoms with E-state index in [1.165, 1.54) is 17.7 Å². The fraction of sp³-hybridized carbons (Fsp3) is 0.0968. The van der Waals surface area contributed by atoms with Crippen LogP contribution in [0.1, 0.15) is 5.56 Å². The Kier molecular flexibility index (Phi) is 7.58. The van der Waals surface area contributed by atoms with Crippen molar-refractivity contribution >= 4 is 38.6 Å². The Morgan fingerprint density at radius 3 is 1.58 bits per heavy atom. The molecular formula is C31H29N3O3S. The predicted octanol–water partition coefficient (Wildman–Crippen LogP) is 7.19. The van der Waals surface area contributed by atoms with Crippen LogP contribution in [0.5, 0.6) is 0 Å². The van der Waals surface area contributed by atoms with E-state index in [0.29, 0.717) is 5.92 Å². The lowest BCUT2D eigenvalue weighted by Crippen LogP contribution is -2.17. The smallest absolute Gasteiger partial charge is 0.294 e. The minimum Gasteiger partial charge on any atom is -0.375 e. The number of rotatable bonds is 9. The van der Waals surface area contributed by atoms with E-state index in [1.807, 2.05) is 30.3 Å². The maximum atomic E-state index is 11.2. The minimum atomic E-state index is -4.18. The highest BCUT2D eigenvalue weighted by Crippen LogP contribution is 2.24. The Morgan fingerprint density at radius 2 is 1.05 bits per heavy atom. The van der Waals surface area contributed by atoms with Gasteiger partial charge in [-0.15, -0.1) is 0 Å². The van der Waals surface area contributed by atoms with Gasteiger partial charge in [0.05, 0.1) is 10.9 Å². The van der Waals surface area contributed by atoms with Gasteiger partial charge >= 0.3 is 0 Å². The second-order valence-corrected chi connectivity index (χ2v) is 10.6. The van der Waals surface area contributed by atoms with Crippen LogP contribution in [0.15, 0.2) is 132 Å². The van der Waals surface area contributed by atoms with Gasteiger partial charge in [0.25, 0.3) is 10.1 Å². The van der Waals surface area contributed by atoms with Gasteiger partial charge < -0.3 is 16.0 Å². The van der Waals surface area contributed by atoms with Crippen LogP contribution in [0.2, 0.25) is 0 Å². The van der Waals surface area contributed by atoms with E-state index in [2.05, 4.69) is 88.8 Å². The van der Waals surface area contributed by atoms with Crippen LogP contribution < -0.4 is 16.0 Å². The second-order valence-electron chi connectivity index (χ2n) is 9.20. The first-order valence-electron chi connectivity index (χ1n) is 12.4. The van der Waals surface area contributed by atoms with Crippen LogP contribution >= 0.6 is 0 Å². The summed E-state index contributed by atoms with van der Waals surface area (Å²) in [5.74, 6) is 0.304. The van der Waals surface area contributed by atoms with E-state index in [9.17, 15) is 8.42 Å². The molecule has 1 aliphatic carbocycles. The molecule has 38 heavy (non-hydrogen) atoms. The summed E-state index contributed by atoms with van der Waals surface area (Å²) in [6, 6.07) is 32.9. The van der Waals surface area contributed by atoms with Gasteiger partial charge in [-0.2, -0.15) is 8.42 Å². The maximum absolute atomic E-state index is 11.2. The number of hydrogen-bond donors (Lipinski definition) is 4. The van der Waals surface area contributed by atoms with Crippen molar-refractivity contribution in [1.29, 1.82) is 0 Å². The van der Waals surface area contributed by atoms with Crippen molar-refractivity contribution < 1.29 is 13.0 Å². The molecule has 7 heteroatoms. The van der Waals surface area contributed by atoms with E-state index in [-0.39, 0.29) is 10.9 Å². The fourth-order valence-electron chi connectivity index (χ4n) is 4.29. The third-order valence-electron chi connectivity index (χ3n) is 6.28. The molecule has 5 rings (SSSR count). The van der Waals surface area contributed by atoms with Gasteiger partial charge in [-0.1, -0.05) is 54.6 Å². The minimum absolute atomic E-state index is 0.0173. The molecular weight excluding hydrogens is 494 g/mol. The quantitative estimate of drug-likeness (QED) is 0.137. The van der Waals surface area contributed by atoms with Crippen molar-refractivity contribution in [2.75, 3.05) is 16.0 Å². The first-order chi connectivity index (χ1) is 18.4. The van der Waals surface area contributed by atoms with Crippen molar-refractivity contribution in [1.82, 2.24) is 0 Å². The Bertz CT molecular complexity index is 1500. The molecule has 0 amide bonds. The molecule has 0 saturated heterocycles. The van der Waals surface area contributed by atoms with Crippen LogP contribution in [0.25, 0.3) is 0 Å². The fourth-order valence-corrected chi connectivity index (χ4v) is 4.77. The molecule has 192 valence electrons. The van der Waals surface area contributed by atoms with Crippen LogP contribution in [0, 0.1) is 5.92 Å². The summed E-state index contributed by atoms with van der Waals surface area (Å²) in [4.78, 5) is -0.117. The van der Waals surface area contributed by atoms with Crippen molar-refractivity contribution in [2.24, 2.45) is 5.92 Å². The zero-order valence-corrected chi connectivity index (χ0v) is 21.5. The van der Waals surface area contributed by atoms with Gasteiger partial charge in [-0.05, 0) is 90.7 Å². The van der Waals surface area contributed by atoms with Crippen LogP contribution in [0.4, 0.5) is 28.4 Å². The molecule has 0 aromatic heterocycles. The standard InChI is InChI=1S/C31H29N3O3S/c35-38(36,37)31-20-18-30(19-21-31)34-27-12-8-24(9-13-27)22-23-6-10-26(11-7-23)33-29-16-14-28(15-17-29)32-25-4-2-1-3-5-25/h1-21,24,27,32-34H,22H2,(H,35,36,37). The van der Waals surface area contributed by atoms with Gasteiger partial charge in [0.2, 0.25) is 0 Å². The zero-order chi connectivity index (χ0) is 26.4. The molecule has 0 aliphatic heterocycles. The monoisotopic (exact) mass is 523 g/mol. The number of anilines is 5. The summed E-state index contributed by atoms with van der Waals surface area (Å²) in [5.41, 5.74) is 6.20. The summed E-state index contributed by atoms with van der Waals surface area (Å²) in [6.45, 7) is 0. The van der Waals surface area contributed by atoms with Gasteiger partial charge in [0, 0.05) is 28.4 Å². The average Bonchev–Trinajstić information content (AvgIpc) is 2.92. The number of para-hydroxylation sites is 1. The third-order valence-corrected chi connectivity index (χ3v) is 7.15. The molecule has 0 atom stereocenters. The Balaban J connectivity index is 1.10. The van der Waals surface area contributed by atoms with E-state index in [0.717, 1.165) is 34.9 Å². The molecule has 0 heterocycles. The Hall–Kier alpha value is -4.33. The molecule has 0 radical (unpaired) electrons. The molecule has 4 aromatic rings. The van der Waals surface area contributed by atoms with Crippen molar-refractivity contribution in [2.45, 2.75) is 17.4 Å². The van der Waals surface area contributed by atoms with E-state index >= 15 is 0 Å². The largest absolute Gasteiger partial charge is 0.375 e. The number of hydrogen-bond acceptors (Lipinski definition) is 5. The molecule has 4 aromatic carbocycles. The SMILES string of the molecule is O=S(=O)(O)c1ccc(NC2C=CC(Cc3ccc(Nc4ccc(Nc5ccccc5)cc4)cc3)C=C2)cc1. The van der Waals surface area contributed by atoms with Gasteiger partial charge in [-0.3, -0.25) is 4.55 Å². The van der Waals surface area contributed by atoms with Gasteiger partial charge in [0.15, 0.2) is 0 Å². The zero-order valence-electron chi connectivity index (χ0n) is 20.7. The molecule has 0 spiro atoms. The molecule has 0 unspecified atom stereocenters. The molecule has 6 nitrogen and oxygen atoms in total. The highest BCUT2D eigenvalue weighted by atomic mass is 32.2. The van der Waals surface area contributed by atoms with E-state index in [4.69, 9.17) is 4.55 Å².